The second-order valence-corrected chi connectivity index (χ2v) is 4.77. The van der Waals surface area contributed by atoms with Crippen molar-refractivity contribution < 1.29 is 19.2 Å². The van der Waals surface area contributed by atoms with Crippen LogP contribution < -0.4 is 5.32 Å². The monoisotopic (exact) mass is 227 g/mol. The van der Waals surface area contributed by atoms with E-state index in [0.29, 0.717) is 6.32 Å². The first-order chi connectivity index (χ1) is 7.24. The van der Waals surface area contributed by atoms with E-state index in [0.717, 1.165) is 0 Å². The quantitative estimate of drug-likeness (QED) is 0.722. The number of hydrogen-bond donors (Lipinski definition) is 2. The van der Waals surface area contributed by atoms with Crippen LogP contribution in [0.15, 0.2) is 12.3 Å². The molecule has 1 fully saturated rings. The Balaban J connectivity index is 2.43. The molecule has 0 aromatic rings. The van der Waals surface area contributed by atoms with Crippen molar-refractivity contribution in [3.05, 3.63) is 12.3 Å². The van der Waals surface area contributed by atoms with E-state index in [4.69, 9.17) is 14.4 Å². The molecule has 1 heterocycles. The van der Waals surface area contributed by atoms with E-state index < -0.39 is 6.09 Å². The molecule has 0 unspecified atom stereocenters. The number of carbonyl (C=O) groups is 1. The van der Waals surface area contributed by atoms with Crippen molar-refractivity contribution in [1.82, 2.24) is 5.32 Å². The molecule has 1 aliphatic heterocycles. The Morgan fingerprint density at radius 2 is 1.81 bits per heavy atom. The SMILES string of the molecule is CC1(C)OB(C/C=C/NC(=O)O)OC1(C)C. The molecule has 1 saturated heterocycles. The summed E-state index contributed by atoms with van der Waals surface area (Å²) in [7, 11) is -0.322. The Morgan fingerprint density at radius 1 is 1.31 bits per heavy atom. The van der Waals surface area contributed by atoms with Gasteiger partial charge < -0.3 is 14.4 Å². The molecule has 0 saturated carbocycles. The highest BCUT2D eigenvalue weighted by Gasteiger charge is 2.50. The maximum Gasteiger partial charge on any atom is 0.461 e. The molecule has 5 nitrogen and oxygen atoms in total. The number of carboxylic acid groups (broad SMARTS) is 1. The van der Waals surface area contributed by atoms with Crippen LogP contribution >= 0.6 is 0 Å². The van der Waals surface area contributed by atoms with Crippen LogP contribution in [-0.2, 0) is 9.31 Å². The van der Waals surface area contributed by atoms with Gasteiger partial charge in [0.2, 0.25) is 0 Å². The normalized spacial score (nSPS) is 22.6. The first kappa shape index (κ1) is 13.1. The van der Waals surface area contributed by atoms with Gasteiger partial charge in [-0.2, -0.15) is 0 Å². The van der Waals surface area contributed by atoms with E-state index in [1.54, 1.807) is 6.08 Å². The van der Waals surface area contributed by atoms with Gasteiger partial charge in [-0.15, -0.1) is 0 Å². The first-order valence-electron chi connectivity index (χ1n) is 5.25. The van der Waals surface area contributed by atoms with Gasteiger partial charge in [0.25, 0.3) is 0 Å². The van der Waals surface area contributed by atoms with E-state index in [1.807, 2.05) is 27.7 Å². The second-order valence-electron chi connectivity index (χ2n) is 4.77. The lowest BCUT2D eigenvalue weighted by Gasteiger charge is -2.32. The fourth-order valence-corrected chi connectivity index (χ4v) is 1.37. The second kappa shape index (κ2) is 4.47. The number of hydrogen-bond acceptors (Lipinski definition) is 3. The lowest BCUT2D eigenvalue weighted by Crippen LogP contribution is -2.41. The Bertz CT molecular complexity index is 285. The first-order valence-corrected chi connectivity index (χ1v) is 5.25. The maximum absolute atomic E-state index is 10.2. The topological polar surface area (TPSA) is 67.8 Å². The lowest BCUT2D eigenvalue weighted by molar-refractivity contribution is 0.00578. The van der Waals surface area contributed by atoms with Crippen molar-refractivity contribution in [3.8, 4) is 0 Å². The summed E-state index contributed by atoms with van der Waals surface area (Å²) in [5.41, 5.74) is -0.683. The fraction of sp³-hybridized carbons (Fsp3) is 0.700. The van der Waals surface area contributed by atoms with E-state index >= 15 is 0 Å². The predicted octanol–water partition coefficient (Wildman–Crippen LogP) is 1.86. The van der Waals surface area contributed by atoms with Gasteiger partial charge in [0.15, 0.2) is 0 Å². The van der Waals surface area contributed by atoms with Gasteiger partial charge in [-0.1, -0.05) is 6.08 Å². The molecular weight excluding hydrogens is 209 g/mol. The molecular formula is C10H18BNO4. The molecule has 0 bridgehead atoms. The van der Waals surface area contributed by atoms with Gasteiger partial charge in [-0.05, 0) is 27.7 Å². The molecule has 1 rings (SSSR count). The Hall–Kier alpha value is -1.01. The molecule has 0 aliphatic carbocycles. The highest BCUT2D eigenvalue weighted by Crippen LogP contribution is 2.37. The Morgan fingerprint density at radius 3 is 2.25 bits per heavy atom. The molecule has 0 atom stereocenters. The van der Waals surface area contributed by atoms with Crippen molar-refractivity contribution in [2.24, 2.45) is 0 Å². The van der Waals surface area contributed by atoms with Crippen molar-refractivity contribution in [2.45, 2.75) is 45.2 Å². The minimum absolute atomic E-state index is 0.322. The standard InChI is InChI=1S/C10H18BNO4/c1-9(2)10(3,4)16-11(15-9)6-5-7-12-8(13)14/h5,7,12H,6H2,1-4H3,(H,13,14)/b7-5+. The van der Waals surface area contributed by atoms with Crippen molar-refractivity contribution >= 4 is 13.2 Å². The zero-order valence-corrected chi connectivity index (χ0v) is 10.1. The van der Waals surface area contributed by atoms with E-state index in [2.05, 4.69) is 5.32 Å². The highest BCUT2D eigenvalue weighted by atomic mass is 16.7. The van der Waals surface area contributed by atoms with Crippen LogP contribution in [0, 0.1) is 0 Å². The summed E-state index contributed by atoms with van der Waals surface area (Å²) >= 11 is 0. The molecule has 6 heteroatoms. The Kier molecular flexibility index (Phi) is 3.65. The maximum atomic E-state index is 10.2. The van der Waals surface area contributed by atoms with Gasteiger partial charge in [0.05, 0.1) is 11.2 Å². The van der Waals surface area contributed by atoms with Crippen LogP contribution in [0.2, 0.25) is 6.32 Å². The third-order valence-corrected chi connectivity index (χ3v) is 2.96. The summed E-state index contributed by atoms with van der Waals surface area (Å²) in [5, 5.41) is 10.5. The molecule has 16 heavy (non-hydrogen) atoms. The van der Waals surface area contributed by atoms with Crippen LogP contribution in [0.25, 0.3) is 0 Å². The molecule has 1 amide bonds. The lowest BCUT2D eigenvalue weighted by atomic mass is 9.85. The largest absolute Gasteiger partial charge is 0.465 e. The van der Waals surface area contributed by atoms with Gasteiger partial charge in [-0.25, -0.2) is 4.79 Å². The fourth-order valence-electron chi connectivity index (χ4n) is 1.37. The minimum atomic E-state index is -1.08. The van der Waals surface area contributed by atoms with Crippen LogP contribution in [0.5, 0.6) is 0 Å². The van der Waals surface area contributed by atoms with E-state index in [9.17, 15) is 4.79 Å². The third kappa shape index (κ3) is 2.99. The van der Waals surface area contributed by atoms with Crippen LogP contribution in [0.4, 0.5) is 4.79 Å². The van der Waals surface area contributed by atoms with Crippen molar-refractivity contribution in [1.29, 1.82) is 0 Å². The molecule has 2 N–H and O–H groups in total. The number of amides is 1. The predicted molar refractivity (Wildman–Crippen MR) is 61.2 cm³/mol. The third-order valence-electron chi connectivity index (χ3n) is 2.96. The summed E-state index contributed by atoms with van der Waals surface area (Å²) in [6.45, 7) is 7.91. The highest BCUT2D eigenvalue weighted by molar-refractivity contribution is 6.46. The number of allylic oxidation sites excluding steroid dienone is 1. The van der Waals surface area contributed by atoms with E-state index in [1.165, 1.54) is 6.20 Å². The van der Waals surface area contributed by atoms with Crippen molar-refractivity contribution in [3.63, 3.8) is 0 Å². The summed E-state index contributed by atoms with van der Waals surface area (Å²) < 4.78 is 11.4. The molecule has 0 aromatic carbocycles. The number of nitrogens with one attached hydrogen (secondary N) is 1. The van der Waals surface area contributed by atoms with Gasteiger partial charge in [0, 0.05) is 12.5 Å². The zero-order valence-electron chi connectivity index (χ0n) is 10.1. The summed E-state index contributed by atoms with van der Waals surface area (Å²) in [6, 6.07) is 0. The number of rotatable bonds is 3. The summed E-state index contributed by atoms with van der Waals surface area (Å²) in [4.78, 5) is 10.2. The Labute approximate surface area is 96.0 Å². The van der Waals surface area contributed by atoms with Gasteiger partial charge in [-0.3, -0.25) is 5.32 Å². The van der Waals surface area contributed by atoms with Crippen LogP contribution in [0.3, 0.4) is 0 Å². The van der Waals surface area contributed by atoms with Gasteiger partial charge >= 0.3 is 13.2 Å². The van der Waals surface area contributed by atoms with Crippen LogP contribution in [-0.4, -0.2) is 29.5 Å². The van der Waals surface area contributed by atoms with Crippen LogP contribution in [0.1, 0.15) is 27.7 Å². The summed E-state index contributed by atoms with van der Waals surface area (Å²) in [5.74, 6) is 0. The van der Waals surface area contributed by atoms with Crippen molar-refractivity contribution in [2.75, 3.05) is 0 Å². The smallest absolute Gasteiger partial charge is 0.461 e. The average Bonchev–Trinajstić information content (AvgIpc) is 2.29. The molecule has 0 aromatic heterocycles. The molecule has 1 aliphatic rings. The minimum Gasteiger partial charge on any atom is -0.465 e. The van der Waals surface area contributed by atoms with E-state index in [-0.39, 0.29) is 18.3 Å². The molecule has 0 spiro atoms. The van der Waals surface area contributed by atoms with Gasteiger partial charge in [0.1, 0.15) is 0 Å². The summed E-state index contributed by atoms with van der Waals surface area (Å²) in [6.07, 6.45) is 2.49. The molecule has 90 valence electrons. The zero-order chi connectivity index (χ0) is 12.4. The molecule has 0 radical (unpaired) electrons. The average molecular weight is 227 g/mol.